The number of nitrogens with one attached hydrogen (secondary N) is 1. The van der Waals surface area contributed by atoms with Gasteiger partial charge in [-0.2, -0.15) is 0 Å². The molecule has 4 nitrogen and oxygen atoms in total. The van der Waals surface area contributed by atoms with E-state index >= 15 is 0 Å². The highest BCUT2D eigenvalue weighted by Crippen LogP contribution is 2.36. The molecule has 5 heteroatoms. The maximum atomic E-state index is 6.28. The smallest absolute Gasteiger partial charge is 0.179 e. The predicted octanol–water partition coefficient (Wildman–Crippen LogP) is 3.02. The van der Waals surface area contributed by atoms with Gasteiger partial charge in [0.1, 0.15) is 0 Å². The van der Waals surface area contributed by atoms with Gasteiger partial charge in [0.25, 0.3) is 0 Å². The van der Waals surface area contributed by atoms with Gasteiger partial charge in [-0.3, -0.25) is 0 Å². The Bertz CT molecular complexity index is 433. The molecule has 1 aliphatic heterocycles. The molecular formula is C15H22ClNO3. The van der Waals surface area contributed by atoms with Gasteiger partial charge >= 0.3 is 0 Å². The van der Waals surface area contributed by atoms with Crippen LogP contribution in [0.2, 0.25) is 5.02 Å². The highest BCUT2D eigenvalue weighted by molar-refractivity contribution is 6.32. The van der Waals surface area contributed by atoms with Crippen molar-refractivity contribution in [3.63, 3.8) is 0 Å². The minimum atomic E-state index is 0.323. The quantitative estimate of drug-likeness (QED) is 0.840. The van der Waals surface area contributed by atoms with Crippen LogP contribution in [0.15, 0.2) is 12.1 Å². The Kier molecular flexibility index (Phi) is 5.95. The first-order chi connectivity index (χ1) is 9.74. The van der Waals surface area contributed by atoms with Gasteiger partial charge < -0.3 is 19.5 Å². The van der Waals surface area contributed by atoms with Crippen molar-refractivity contribution in [3.05, 3.63) is 22.7 Å². The summed E-state index contributed by atoms with van der Waals surface area (Å²) in [7, 11) is 3.52. The zero-order valence-electron chi connectivity index (χ0n) is 12.1. The standard InChI is InChI=1S/C15H22ClNO3/c1-17-10-11-8-13(16)15(14(9-11)18-2)20-7-5-12-4-3-6-19-12/h8-9,12,17H,3-7,10H2,1-2H3. The summed E-state index contributed by atoms with van der Waals surface area (Å²) in [5.74, 6) is 1.29. The molecule has 20 heavy (non-hydrogen) atoms. The topological polar surface area (TPSA) is 39.7 Å². The van der Waals surface area contributed by atoms with Gasteiger partial charge in [0.15, 0.2) is 11.5 Å². The number of rotatable bonds is 7. The van der Waals surface area contributed by atoms with Crippen LogP contribution in [0.3, 0.4) is 0 Å². The summed E-state index contributed by atoms with van der Waals surface area (Å²) in [4.78, 5) is 0. The van der Waals surface area contributed by atoms with Crippen molar-refractivity contribution < 1.29 is 14.2 Å². The number of hydrogen-bond acceptors (Lipinski definition) is 4. The Labute approximate surface area is 125 Å². The Balaban J connectivity index is 1.98. The van der Waals surface area contributed by atoms with Crippen molar-refractivity contribution in [2.24, 2.45) is 0 Å². The molecule has 0 radical (unpaired) electrons. The number of hydrogen-bond donors (Lipinski definition) is 1. The second kappa shape index (κ2) is 7.72. The van der Waals surface area contributed by atoms with E-state index in [-0.39, 0.29) is 0 Å². The van der Waals surface area contributed by atoms with E-state index in [0.717, 1.165) is 38.0 Å². The van der Waals surface area contributed by atoms with Crippen molar-refractivity contribution in [1.82, 2.24) is 5.32 Å². The first-order valence-corrected chi connectivity index (χ1v) is 7.37. The first kappa shape index (κ1) is 15.4. The van der Waals surface area contributed by atoms with Crippen LogP contribution < -0.4 is 14.8 Å². The normalized spacial score (nSPS) is 18.2. The third kappa shape index (κ3) is 4.01. The van der Waals surface area contributed by atoms with E-state index < -0.39 is 0 Å². The molecule has 1 saturated heterocycles. The molecule has 1 atom stereocenters. The van der Waals surface area contributed by atoms with Crippen LogP contribution in [0, 0.1) is 0 Å². The molecule has 2 rings (SSSR count). The Morgan fingerprint density at radius 1 is 1.45 bits per heavy atom. The average molecular weight is 300 g/mol. The molecule has 1 N–H and O–H groups in total. The minimum Gasteiger partial charge on any atom is -0.493 e. The highest BCUT2D eigenvalue weighted by Gasteiger charge is 2.17. The average Bonchev–Trinajstić information content (AvgIpc) is 2.94. The van der Waals surface area contributed by atoms with E-state index in [4.69, 9.17) is 25.8 Å². The highest BCUT2D eigenvalue weighted by atomic mass is 35.5. The fraction of sp³-hybridized carbons (Fsp3) is 0.600. The maximum absolute atomic E-state index is 6.28. The molecule has 0 amide bonds. The van der Waals surface area contributed by atoms with Crippen molar-refractivity contribution in [1.29, 1.82) is 0 Å². The number of methoxy groups -OCH3 is 1. The molecule has 1 aliphatic rings. The van der Waals surface area contributed by atoms with Crippen LogP contribution in [-0.4, -0.2) is 33.5 Å². The number of benzene rings is 1. The van der Waals surface area contributed by atoms with E-state index in [1.165, 1.54) is 0 Å². The molecule has 112 valence electrons. The second-order valence-corrected chi connectivity index (χ2v) is 5.32. The molecule has 1 fully saturated rings. The zero-order chi connectivity index (χ0) is 14.4. The van der Waals surface area contributed by atoms with Gasteiger partial charge in [-0.1, -0.05) is 11.6 Å². The molecule has 0 aromatic heterocycles. The number of ether oxygens (including phenoxy) is 3. The third-order valence-corrected chi connectivity index (χ3v) is 3.66. The van der Waals surface area contributed by atoms with Crippen LogP contribution >= 0.6 is 11.6 Å². The predicted molar refractivity (Wildman–Crippen MR) is 79.9 cm³/mol. The summed E-state index contributed by atoms with van der Waals surface area (Å²) in [5, 5.41) is 3.68. The third-order valence-electron chi connectivity index (χ3n) is 3.38. The molecule has 1 aromatic carbocycles. The zero-order valence-corrected chi connectivity index (χ0v) is 12.8. The molecule has 0 saturated carbocycles. The van der Waals surface area contributed by atoms with Crippen LogP contribution in [0.1, 0.15) is 24.8 Å². The summed E-state index contributed by atoms with van der Waals surface area (Å²) in [5.41, 5.74) is 1.07. The van der Waals surface area contributed by atoms with E-state index in [1.807, 2.05) is 19.2 Å². The second-order valence-electron chi connectivity index (χ2n) is 4.91. The molecule has 0 bridgehead atoms. The van der Waals surface area contributed by atoms with Gasteiger partial charge in [0, 0.05) is 19.6 Å². The lowest BCUT2D eigenvalue weighted by molar-refractivity contribution is 0.0899. The lowest BCUT2D eigenvalue weighted by Crippen LogP contribution is -2.11. The summed E-state index contributed by atoms with van der Waals surface area (Å²) < 4.78 is 16.7. The maximum Gasteiger partial charge on any atom is 0.179 e. The van der Waals surface area contributed by atoms with Crippen LogP contribution in [0.25, 0.3) is 0 Å². The molecule has 1 heterocycles. The molecule has 1 aromatic rings. The summed E-state index contributed by atoms with van der Waals surface area (Å²) in [6.45, 7) is 2.20. The summed E-state index contributed by atoms with van der Waals surface area (Å²) >= 11 is 6.28. The fourth-order valence-electron chi connectivity index (χ4n) is 2.38. The van der Waals surface area contributed by atoms with Gasteiger partial charge in [0.05, 0.1) is 24.8 Å². The molecule has 1 unspecified atom stereocenters. The molecule has 0 aliphatic carbocycles. The summed E-state index contributed by atoms with van der Waals surface area (Å²) in [6.07, 6.45) is 3.48. The van der Waals surface area contributed by atoms with Gasteiger partial charge in [-0.05, 0) is 37.6 Å². The Hall–Kier alpha value is -0.970. The van der Waals surface area contributed by atoms with E-state index in [9.17, 15) is 0 Å². The van der Waals surface area contributed by atoms with Crippen LogP contribution in [0.4, 0.5) is 0 Å². The van der Waals surface area contributed by atoms with E-state index in [0.29, 0.717) is 29.2 Å². The van der Waals surface area contributed by atoms with Gasteiger partial charge in [0.2, 0.25) is 0 Å². The number of halogens is 1. The Morgan fingerprint density at radius 3 is 2.95 bits per heavy atom. The van der Waals surface area contributed by atoms with Crippen molar-refractivity contribution >= 4 is 11.6 Å². The summed E-state index contributed by atoms with van der Waals surface area (Å²) in [6, 6.07) is 3.85. The van der Waals surface area contributed by atoms with Crippen molar-refractivity contribution in [3.8, 4) is 11.5 Å². The SMILES string of the molecule is CNCc1cc(Cl)c(OCCC2CCCO2)c(OC)c1. The van der Waals surface area contributed by atoms with Crippen molar-refractivity contribution in [2.75, 3.05) is 27.4 Å². The Morgan fingerprint density at radius 2 is 2.30 bits per heavy atom. The lowest BCUT2D eigenvalue weighted by Gasteiger charge is -2.15. The fourth-order valence-corrected chi connectivity index (χ4v) is 2.67. The van der Waals surface area contributed by atoms with E-state index in [1.54, 1.807) is 7.11 Å². The monoisotopic (exact) mass is 299 g/mol. The van der Waals surface area contributed by atoms with E-state index in [2.05, 4.69) is 5.32 Å². The minimum absolute atomic E-state index is 0.323. The lowest BCUT2D eigenvalue weighted by atomic mass is 10.2. The first-order valence-electron chi connectivity index (χ1n) is 7.00. The molecule has 0 spiro atoms. The van der Waals surface area contributed by atoms with Crippen molar-refractivity contribution in [2.45, 2.75) is 31.9 Å². The van der Waals surface area contributed by atoms with Gasteiger partial charge in [-0.15, -0.1) is 0 Å². The molecular weight excluding hydrogens is 278 g/mol. The van der Waals surface area contributed by atoms with Gasteiger partial charge in [-0.25, -0.2) is 0 Å². The van der Waals surface area contributed by atoms with Crippen LogP contribution in [-0.2, 0) is 11.3 Å². The van der Waals surface area contributed by atoms with Crippen LogP contribution in [0.5, 0.6) is 11.5 Å². The largest absolute Gasteiger partial charge is 0.493 e.